The third kappa shape index (κ3) is 4.39. The Bertz CT molecular complexity index is 526. The van der Waals surface area contributed by atoms with Crippen LogP contribution in [-0.2, 0) is 4.79 Å². The number of hydrogen-bond donors (Lipinski definition) is 1. The minimum atomic E-state index is -0.366. The van der Waals surface area contributed by atoms with Crippen LogP contribution < -0.4 is 5.32 Å². The Morgan fingerprint density at radius 1 is 1.14 bits per heavy atom. The summed E-state index contributed by atoms with van der Waals surface area (Å²) in [4.78, 5) is 24.0. The molecular formula is C18H24FNO2. The zero-order valence-electron chi connectivity index (χ0n) is 13.3. The molecule has 0 aliphatic heterocycles. The molecule has 1 aliphatic carbocycles. The number of benzene rings is 1. The van der Waals surface area contributed by atoms with Crippen LogP contribution >= 0.6 is 0 Å². The maximum absolute atomic E-state index is 12.8. The number of Topliss-reactive ketones (excluding diaryl/α,β-unsaturated/α-hetero) is 1. The van der Waals surface area contributed by atoms with E-state index in [1.165, 1.54) is 30.7 Å². The lowest BCUT2D eigenvalue weighted by molar-refractivity contribution is -0.122. The molecule has 0 aromatic heterocycles. The van der Waals surface area contributed by atoms with Crippen LogP contribution in [-0.4, -0.2) is 17.7 Å². The van der Waals surface area contributed by atoms with Crippen molar-refractivity contribution in [2.75, 3.05) is 0 Å². The molecule has 1 aromatic carbocycles. The predicted octanol–water partition coefficient (Wildman–Crippen LogP) is 3.73. The van der Waals surface area contributed by atoms with E-state index in [4.69, 9.17) is 0 Å². The van der Waals surface area contributed by atoms with E-state index in [-0.39, 0.29) is 36.4 Å². The van der Waals surface area contributed by atoms with Gasteiger partial charge in [-0.25, -0.2) is 4.39 Å². The maximum atomic E-state index is 12.8. The van der Waals surface area contributed by atoms with E-state index in [0.29, 0.717) is 17.4 Å². The molecule has 0 bridgehead atoms. The van der Waals surface area contributed by atoms with Crippen LogP contribution in [0, 0.1) is 17.7 Å². The van der Waals surface area contributed by atoms with Crippen LogP contribution in [0.1, 0.15) is 56.3 Å². The van der Waals surface area contributed by atoms with E-state index in [1.807, 2.05) is 0 Å². The minimum Gasteiger partial charge on any atom is -0.353 e. The van der Waals surface area contributed by atoms with Crippen molar-refractivity contribution in [3.63, 3.8) is 0 Å². The van der Waals surface area contributed by atoms with Gasteiger partial charge in [-0.1, -0.05) is 26.7 Å². The number of amides is 1. The van der Waals surface area contributed by atoms with Gasteiger partial charge >= 0.3 is 0 Å². The Morgan fingerprint density at radius 2 is 1.82 bits per heavy atom. The summed E-state index contributed by atoms with van der Waals surface area (Å²) in [5, 5.41) is 3.06. The molecule has 1 saturated carbocycles. The second-order valence-electron chi connectivity index (χ2n) is 6.37. The van der Waals surface area contributed by atoms with Crippen molar-refractivity contribution in [1.82, 2.24) is 5.32 Å². The predicted molar refractivity (Wildman–Crippen MR) is 84.1 cm³/mol. The van der Waals surface area contributed by atoms with Crippen LogP contribution in [0.5, 0.6) is 0 Å². The molecule has 1 amide bonds. The number of halogens is 1. The van der Waals surface area contributed by atoms with Gasteiger partial charge in [0.15, 0.2) is 5.78 Å². The van der Waals surface area contributed by atoms with Crippen LogP contribution in [0.2, 0.25) is 0 Å². The fourth-order valence-electron chi connectivity index (χ4n) is 3.07. The number of rotatable bonds is 5. The smallest absolute Gasteiger partial charge is 0.220 e. The number of ketones is 1. The van der Waals surface area contributed by atoms with Gasteiger partial charge in [0.25, 0.3) is 0 Å². The lowest BCUT2D eigenvalue weighted by Crippen LogP contribution is -2.43. The first-order chi connectivity index (χ1) is 10.5. The van der Waals surface area contributed by atoms with Gasteiger partial charge in [0.1, 0.15) is 5.82 Å². The third-order valence-corrected chi connectivity index (χ3v) is 4.80. The number of nitrogens with one attached hydrogen (secondary N) is 1. The second kappa shape index (κ2) is 7.52. The van der Waals surface area contributed by atoms with Crippen molar-refractivity contribution < 1.29 is 14.0 Å². The molecule has 0 saturated heterocycles. The molecule has 0 spiro atoms. The fourth-order valence-corrected chi connectivity index (χ4v) is 3.07. The molecule has 22 heavy (non-hydrogen) atoms. The first-order valence-electron chi connectivity index (χ1n) is 8.05. The SMILES string of the molecule is C[C@H]1[C@@H](NC(=O)CCC(=O)c2ccc(F)cc2)CCC[C@@H]1C. The van der Waals surface area contributed by atoms with Gasteiger partial charge in [0, 0.05) is 24.4 Å². The molecule has 0 unspecified atom stereocenters. The molecule has 1 fully saturated rings. The summed E-state index contributed by atoms with van der Waals surface area (Å²) in [6.45, 7) is 4.40. The van der Waals surface area contributed by atoms with Crippen LogP contribution in [0.15, 0.2) is 24.3 Å². The molecule has 4 heteroatoms. The summed E-state index contributed by atoms with van der Waals surface area (Å²) in [5.74, 6) is 0.543. The Kier molecular flexibility index (Phi) is 5.69. The van der Waals surface area contributed by atoms with E-state index in [9.17, 15) is 14.0 Å². The van der Waals surface area contributed by atoms with Crippen molar-refractivity contribution in [2.45, 2.75) is 52.0 Å². The van der Waals surface area contributed by atoms with Gasteiger partial charge in [0.05, 0.1) is 0 Å². The van der Waals surface area contributed by atoms with Crippen LogP contribution in [0.3, 0.4) is 0 Å². The van der Waals surface area contributed by atoms with Gasteiger partial charge in [-0.3, -0.25) is 9.59 Å². The van der Waals surface area contributed by atoms with E-state index in [0.717, 1.165) is 12.8 Å². The zero-order chi connectivity index (χ0) is 16.1. The Hall–Kier alpha value is -1.71. The monoisotopic (exact) mass is 305 g/mol. The lowest BCUT2D eigenvalue weighted by atomic mass is 9.78. The third-order valence-electron chi connectivity index (χ3n) is 4.80. The molecule has 2 rings (SSSR count). The molecular weight excluding hydrogens is 281 g/mol. The van der Waals surface area contributed by atoms with E-state index in [2.05, 4.69) is 19.2 Å². The summed E-state index contributed by atoms with van der Waals surface area (Å²) in [5.41, 5.74) is 0.453. The summed E-state index contributed by atoms with van der Waals surface area (Å²) >= 11 is 0. The summed E-state index contributed by atoms with van der Waals surface area (Å²) in [6, 6.07) is 5.66. The molecule has 1 aromatic rings. The number of carbonyl (C=O) groups excluding carboxylic acids is 2. The summed E-state index contributed by atoms with van der Waals surface area (Å²) in [7, 11) is 0. The molecule has 0 radical (unpaired) electrons. The highest BCUT2D eigenvalue weighted by Crippen LogP contribution is 2.29. The number of hydrogen-bond acceptors (Lipinski definition) is 2. The van der Waals surface area contributed by atoms with Gasteiger partial charge in [0.2, 0.25) is 5.91 Å². The fraction of sp³-hybridized carbons (Fsp3) is 0.556. The Morgan fingerprint density at radius 3 is 2.50 bits per heavy atom. The quantitative estimate of drug-likeness (QED) is 0.843. The summed E-state index contributed by atoms with van der Waals surface area (Å²) < 4.78 is 12.8. The van der Waals surface area contributed by atoms with Crippen molar-refractivity contribution in [3.05, 3.63) is 35.6 Å². The van der Waals surface area contributed by atoms with Crippen molar-refractivity contribution in [3.8, 4) is 0 Å². The molecule has 0 heterocycles. The number of carbonyl (C=O) groups is 2. The van der Waals surface area contributed by atoms with Crippen molar-refractivity contribution in [1.29, 1.82) is 0 Å². The van der Waals surface area contributed by atoms with Crippen molar-refractivity contribution >= 4 is 11.7 Å². The van der Waals surface area contributed by atoms with E-state index < -0.39 is 0 Å². The molecule has 3 atom stereocenters. The van der Waals surface area contributed by atoms with Crippen LogP contribution in [0.4, 0.5) is 4.39 Å². The van der Waals surface area contributed by atoms with Crippen LogP contribution in [0.25, 0.3) is 0 Å². The van der Waals surface area contributed by atoms with Gasteiger partial charge < -0.3 is 5.32 Å². The van der Waals surface area contributed by atoms with Gasteiger partial charge in [-0.15, -0.1) is 0 Å². The molecule has 1 aliphatic rings. The standard InChI is InChI=1S/C18H24FNO2/c1-12-4-3-5-16(13(12)2)20-18(22)11-10-17(21)14-6-8-15(19)9-7-14/h6-9,12-13,16H,3-5,10-11H2,1-2H3,(H,20,22)/t12-,13+,16-/m0/s1. The minimum absolute atomic E-state index is 0.0681. The average molecular weight is 305 g/mol. The van der Waals surface area contributed by atoms with Gasteiger partial charge in [-0.2, -0.15) is 0 Å². The van der Waals surface area contributed by atoms with E-state index >= 15 is 0 Å². The zero-order valence-corrected chi connectivity index (χ0v) is 13.3. The molecule has 120 valence electrons. The first-order valence-corrected chi connectivity index (χ1v) is 8.05. The molecule has 1 N–H and O–H groups in total. The lowest BCUT2D eigenvalue weighted by Gasteiger charge is -2.34. The second-order valence-corrected chi connectivity index (χ2v) is 6.37. The highest BCUT2D eigenvalue weighted by atomic mass is 19.1. The molecule has 3 nitrogen and oxygen atoms in total. The normalized spacial score (nSPS) is 24.8. The first kappa shape index (κ1) is 16.7. The largest absolute Gasteiger partial charge is 0.353 e. The topological polar surface area (TPSA) is 46.2 Å². The van der Waals surface area contributed by atoms with Gasteiger partial charge in [-0.05, 0) is 42.5 Å². The Labute approximate surface area is 131 Å². The maximum Gasteiger partial charge on any atom is 0.220 e. The summed E-state index contributed by atoms with van der Waals surface area (Å²) in [6.07, 6.45) is 3.73. The average Bonchev–Trinajstić information content (AvgIpc) is 2.50. The Balaban J connectivity index is 1.80. The highest BCUT2D eigenvalue weighted by Gasteiger charge is 2.28. The van der Waals surface area contributed by atoms with Crippen molar-refractivity contribution in [2.24, 2.45) is 11.8 Å². The van der Waals surface area contributed by atoms with E-state index in [1.54, 1.807) is 0 Å². The highest BCUT2D eigenvalue weighted by molar-refractivity contribution is 5.97.